The maximum atomic E-state index is 10.6. The van der Waals surface area contributed by atoms with Crippen LogP contribution in [0.25, 0.3) is 0 Å². The molecule has 2 rings (SSSR count). The summed E-state index contributed by atoms with van der Waals surface area (Å²) in [6.07, 6.45) is 6.81. The van der Waals surface area contributed by atoms with Gasteiger partial charge in [0.1, 0.15) is 0 Å². The molecule has 0 aromatic carbocycles. The number of carbonyl (C=O) groups is 1. The molecule has 2 aromatic rings. The largest absolute Gasteiger partial charge is 0.478 e. The predicted molar refractivity (Wildman–Crippen MR) is 54.7 cm³/mol. The number of rotatable bonds is 3. The lowest BCUT2D eigenvalue weighted by Crippen LogP contribution is -1.98. The lowest BCUT2D eigenvalue weighted by Gasteiger charge is -2.01. The van der Waals surface area contributed by atoms with Gasteiger partial charge in [-0.15, -0.1) is 0 Å². The standard InChI is InChI=1S/C11H10N2O2/c14-11(15)10-3-6-13(8-10)7-9-1-4-12-5-2-9/h1-6,8H,7H2,(H,14,15). The quantitative estimate of drug-likeness (QED) is 0.822. The Morgan fingerprint density at radius 2 is 2.07 bits per heavy atom. The van der Waals surface area contributed by atoms with Crippen LogP contribution in [0.1, 0.15) is 15.9 Å². The Balaban J connectivity index is 2.15. The van der Waals surface area contributed by atoms with Crippen LogP contribution >= 0.6 is 0 Å². The first-order chi connectivity index (χ1) is 7.25. The minimum absolute atomic E-state index is 0.309. The second-order valence-corrected chi connectivity index (χ2v) is 3.23. The lowest BCUT2D eigenvalue weighted by molar-refractivity contribution is 0.0697. The Labute approximate surface area is 86.8 Å². The van der Waals surface area contributed by atoms with Crippen molar-refractivity contribution in [2.45, 2.75) is 6.54 Å². The molecule has 0 saturated heterocycles. The van der Waals surface area contributed by atoms with Crippen LogP contribution in [0.5, 0.6) is 0 Å². The molecule has 0 bridgehead atoms. The number of hydrogen-bond acceptors (Lipinski definition) is 2. The first kappa shape index (κ1) is 9.45. The topological polar surface area (TPSA) is 55.1 Å². The summed E-state index contributed by atoms with van der Waals surface area (Å²) in [4.78, 5) is 14.6. The number of pyridine rings is 1. The van der Waals surface area contributed by atoms with E-state index in [1.54, 1.807) is 30.9 Å². The van der Waals surface area contributed by atoms with E-state index in [-0.39, 0.29) is 0 Å². The first-order valence-corrected chi connectivity index (χ1v) is 4.54. The van der Waals surface area contributed by atoms with Gasteiger partial charge in [0.05, 0.1) is 5.56 Å². The van der Waals surface area contributed by atoms with Gasteiger partial charge in [-0.3, -0.25) is 4.98 Å². The Morgan fingerprint density at radius 3 is 2.67 bits per heavy atom. The van der Waals surface area contributed by atoms with E-state index in [1.807, 2.05) is 16.7 Å². The van der Waals surface area contributed by atoms with Crippen LogP contribution in [-0.4, -0.2) is 20.6 Å². The summed E-state index contributed by atoms with van der Waals surface area (Å²) in [7, 11) is 0. The number of hydrogen-bond donors (Lipinski definition) is 1. The summed E-state index contributed by atoms with van der Waals surface area (Å²) >= 11 is 0. The third kappa shape index (κ3) is 2.22. The molecule has 0 saturated carbocycles. The van der Waals surface area contributed by atoms with E-state index in [2.05, 4.69) is 4.98 Å². The minimum Gasteiger partial charge on any atom is -0.478 e. The molecule has 4 nitrogen and oxygen atoms in total. The highest BCUT2D eigenvalue weighted by atomic mass is 16.4. The molecule has 0 fully saturated rings. The first-order valence-electron chi connectivity index (χ1n) is 4.54. The zero-order valence-corrected chi connectivity index (χ0v) is 8.00. The van der Waals surface area contributed by atoms with Gasteiger partial charge in [0, 0.05) is 31.3 Å². The van der Waals surface area contributed by atoms with Gasteiger partial charge in [-0.1, -0.05) is 0 Å². The summed E-state index contributed by atoms with van der Waals surface area (Å²) < 4.78 is 1.83. The maximum absolute atomic E-state index is 10.6. The molecular weight excluding hydrogens is 192 g/mol. The molecule has 0 unspecified atom stereocenters. The van der Waals surface area contributed by atoms with E-state index in [1.165, 1.54) is 0 Å². The van der Waals surface area contributed by atoms with Crippen LogP contribution in [-0.2, 0) is 6.54 Å². The van der Waals surface area contributed by atoms with Crippen molar-refractivity contribution in [3.05, 3.63) is 54.1 Å². The van der Waals surface area contributed by atoms with Crippen molar-refractivity contribution in [3.8, 4) is 0 Å². The number of carboxylic acids is 1. The summed E-state index contributed by atoms with van der Waals surface area (Å²) in [5.74, 6) is -0.900. The summed E-state index contributed by atoms with van der Waals surface area (Å²) in [5.41, 5.74) is 1.40. The van der Waals surface area contributed by atoms with Gasteiger partial charge in [0.25, 0.3) is 0 Å². The van der Waals surface area contributed by atoms with Crippen molar-refractivity contribution in [1.82, 2.24) is 9.55 Å². The molecule has 76 valence electrons. The highest BCUT2D eigenvalue weighted by Crippen LogP contribution is 2.05. The Hall–Kier alpha value is -2.10. The Kier molecular flexibility index (Phi) is 2.49. The van der Waals surface area contributed by atoms with E-state index < -0.39 is 5.97 Å². The summed E-state index contributed by atoms with van der Waals surface area (Å²) in [5, 5.41) is 8.74. The lowest BCUT2D eigenvalue weighted by atomic mass is 10.3. The molecule has 4 heteroatoms. The third-order valence-electron chi connectivity index (χ3n) is 2.11. The highest BCUT2D eigenvalue weighted by Gasteiger charge is 2.04. The van der Waals surface area contributed by atoms with E-state index in [4.69, 9.17) is 5.11 Å². The van der Waals surface area contributed by atoms with E-state index in [0.29, 0.717) is 12.1 Å². The number of nitrogens with zero attached hydrogens (tertiary/aromatic N) is 2. The number of aromatic carboxylic acids is 1. The zero-order valence-electron chi connectivity index (χ0n) is 8.00. The third-order valence-corrected chi connectivity index (χ3v) is 2.11. The van der Waals surface area contributed by atoms with Crippen LogP contribution < -0.4 is 0 Å². The minimum atomic E-state index is -0.900. The Bertz CT molecular complexity index is 462. The molecule has 2 aromatic heterocycles. The molecule has 0 amide bonds. The predicted octanol–water partition coefficient (Wildman–Crippen LogP) is 1.63. The second-order valence-electron chi connectivity index (χ2n) is 3.23. The fourth-order valence-corrected chi connectivity index (χ4v) is 1.36. The normalized spacial score (nSPS) is 10.1. The van der Waals surface area contributed by atoms with Gasteiger partial charge in [0.15, 0.2) is 0 Å². The number of aromatic nitrogens is 2. The van der Waals surface area contributed by atoms with Crippen molar-refractivity contribution in [2.24, 2.45) is 0 Å². The van der Waals surface area contributed by atoms with Crippen LogP contribution in [0.4, 0.5) is 0 Å². The van der Waals surface area contributed by atoms with Crippen LogP contribution in [0, 0.1) is 0 Å². The zero-order chi connectivity index (χ0) is 10.7. The fraction of sp³-hybridized carbons (Fsp3) is 0.0909. The van der Waals surface area contributed by atoms with Crippen molar-refractivity contribution in [3.63, 3.8) is 0 Å². The molecule has 0 aliphatic heterocycles. The SMILES string of the molecule is O=C(O)c1ccn(Cc2ccncc2)c1. The molecule has 15 heavy (non-hydrogen) atoms. The summed E-state index contributed by atoms with van der Waals surface area (Å²) in [6, 6.07) is 5.39. The van der Waals surface area contributed by atoms with Crippen molar-refractivity contribution in [2.75, 3.05) is 0 Å². The molecule has 2 heterocycles. The smallest absolute Gasteiger partial charge is 0.337 e. The highest BCUT2D eigenvalue weighted by molar-refractivity contribution is 5.87. The molecular formula is C11H10N2O2. The molecule has 1 N–H and O–H groups in total. The van der Waals surface area contributed by atoms with E-state index in [0.717, 1.165) is 5.56 Å². The number of carboxylic acid groups (broad SMARTS) is 1. The van der Waals surface area contributed by atoms with Gasteiger partial charge in [-0.2, -0.15) is 0 Å². The molecule has 0 atom stereocenters. The summed E-state index contributed by atoms with van der Waals surface area (Å²) in [6.45, 7) is 0.662. The second kappa shape index (κ2) is 3.96. The van der Waals surface area contributed by atoms with Gasteiger partial charge >= 0.3 is 5.97 Å². The average molecular weight is 202 g/mol. The van der Waals surface area contributed by atoms with Crippen molar-refractivity contribution >= 4 is 5.97 Å². The van der Waals surface area contributed by atoms with E-state index >= 15 is 0 Å². The fourth-order valence-electron chi connectivity index (χ4n) is 1.36. The molecule has 0 radical (unpaired) electrons. The van der Waals surface area contributed by atoms with Crippen molar-refractivity contribution < 1.29 is 9.90 Å². The Morgan fingerprint density at radius 1 is 1.33 bits per heavy atom. The van der Waals surface area contributed by atoms with Gasteiger partial charge in [-0.25, -0.2) is 4.79 Å². The molecule has 0 aliphatic rings. The van der Waals surface area contributed by atoms with Crippen LogP contribution in [0.15, 0.2) is 43.0 Å². The van der Waals surface area contributed by atoms with Gasteiger partial charge < -0.3 is 9.67 Å². The van der Waals surface area contributed by atoms with Crippen molar-refractivity contribution in [1.29, 1.82) is 0 Å². The monoisotopic (exact) mass is 202 g/mol. The van der Waals surface area contributed by atoms with E-state index in [9.17, 15) is 4.79 Å². The van der Waals surface area contributed by atoms with Crippen LogP contribution in [0.2, 0.25) is 0 Å². The molecule has 0 spiro atoms. The van der Waals surface area contributed by atoms with Gasteiger partial charge in [-0.05, 0) is 23.8 Å². The average Bonchev–Trinajstić information content (AvgIpc) is 2.68. The van der Waals surface area contributed by atoms with Crippen LogP contribution in [0.3, 0.4) is 0 Å². The maximum Gasteiger partial charge on any atom is 0.337 e. The van der Waals surface area contributed by atoms with Gasteiger partial charge in [0.2, 0.25) is 0 Å². The molecule has 0 aliphatic carbocycles.